The number of rotatable bonds is 8. The molecule has 0 aliphatic heterocycles. The molecule has 0 fully saturated rings. The highest BCUT2D eigenvalue weighted by Crippen LogP contribution is 2.17. The van der Waals surface area contributed by atoms with Gasteiger partial charge in [0.15, 0.2) is 0 Å². The van der Waals surface area contributed by atoms with Crippen molar-refractivity contribution in [1.82, 2.24) is 10.6 Å². The molecule has 2 N–H and O–H groups in total. The number of carbonyl (C=O) groups excluding carboxylic acids is 1. The molecule has 0 aliphatic rings. The molecule has 0 heterocycles. The maximum atomic E-state index is 13.8. The Morgan fingerprint density at radius 2 is 1.80 bits per heavy atom. The van der Waals surface area contributed by atoms with Crippen molar-refractivity contribution in [2.45, 2.75) is 78.0 Å². The fourth-order valence-corrected chi connectivity index (χ4v) is 2.68. The van der Waals surface area contributed by atoms with E-state index in [1.54, 1.807) is 12.1 Å². The Morgan fingerprint density at radius 1 is 1.20 bits per heavy atom. The van der Waals surface area contributed by atoms with E-state index in [-0.39, 0.29) is 17.4 Å². The standard InChI is InChI=1S/C20H33FN2O2/c1-7-20(8-2,23-18(24)25-19(4,5)6)14-22-15(3)13-16-11-9-10-12-17(16)21/h9-12,15,22H,7-8,13-14H2,1-6H3,(H,23,24). The summed E-state index contributed by atoms with van der Waals surface area (Å²) < 4.78 is 19.2. The Labute approximate surface area is 151 Å². The number of hydrogen-bond donors (Lipinski definition) is 2. The van der Waals surface area contributed by atoms with E-state index in [9.17, 15) is 9.18 Å². The first kappa shape index (κ1) is 21.4. The lowest BCUT2D eigenvalue weighted by Gasteiger charge is -2.35. The monoisotopic (exact) mass is 352 g/mol. The van der Waals surface area contributed by atoms with Crippen LogP contribution in [0.5, 0.6) is 0 Å². The summed E-state index contributed by atoms with van der Waals surface area (Å²) in [4.78, 5) is 12.2. The molecule has 1 aromatic carbocycles. The van der Waals surface area contributed by atoms with Gasteiger partial charge in [-0.05, 0) is 58.6 Å². The molecule has 0 aromatic heterocycles. The minimum Gasteiger partial charge on any atom is -0.444 e. The fourth-order valence-electron chi connectivity index (χ4n) is 2.68. The lowest BCUT2D eigenvalue weighted by atomic mass is 9.92. The molecule has 1 unspecified atom stereocenters. The highest BCUT2D eigenvalue weighted by Gasteiger charge is 2.30. The smallest absolute Gasteiger partial charge is 0.408 e. The lowest BCUT2D eigenvalue weighted by Crippen LogP contribution is -2.56. The van der Waals surface area contributed by atoms with Crippen molar-refractivity contribution < 1.29 is 13.9 Å². The SMILES string of the molecule is CCC(CC)(CNC(C)Cc1ccccc1F)NC(=O)OC(C)(C)C. The second kappa shape index (κ2) is 9.18. The van der Waals surface area contributed by atoms with Crippen molar-refractivity contribution in [3.05, 3.63) is 35.6 Å². The van der Waals surface area contributed by atoms with E-state index in [4.69, 9.17) is 4.74 Å². The van der Waals surface area contributed by atoms with Crippen LogP contribution in [0.3, 0.4) is 0 Å². The normalized spacial score (nSPS) is 13.4. The van der Waals surface area contributed by atoms with Gasteiger partial charge in [0.25, 0.3) is 0 Å². The van der Waals surface area contributed by atoms with Crippen LogP contribution < -0.4 is 10.6 Å². The van der Waals surface area contributed by atoms with Gasteiger partial charge in [-0.1, -0.05) is 32.0 Å². The number of carbonyl (C=O) groups is 1. The fraction of sp³-hybridized carbons (Fsp3) is 0.650. The Balaban J connectivity index is 2.64. The molecule has 5 heteroatoms. The Bertz CT molecular complexity index is 551. The zero-order valence-corrected chi connectivity index (χ0v) is 16.4. The third-order valence-corrected chi connectivity index (χ3v) is 4.39. The van der Waals surface area contributed by atoms with Gasteiger partial charge in [0.05, 0.1) is 5.54 Å². The summed E-state index contributed by atoms with van der Waals surface area (Å²) in [5.41, 5.74) is -0.212. The van der Waals surface area contributed by atoms with Crippen molar-refractivity contribution >= 4 is 6.09 Å². The van der Waals surface area contributed by atoms with Crippen LogP contribution in [0.2, 0.25) is 0 Å². The predicted molar refractivity (Wildman–Crippen MR) is 100 cm³/mol. The number of benzene rings is 1. The van der Waals surface area contributed by atoms with E-state index in [0.717, 1.165) is 12.8 Å². The van der Waals surface area contributed by atoms with E-state index in [0.29, 0.717) is 18.5 Å². The summed E-state index contributed by atoms with van der Waals surface area (Å²) in [6, 6.07) is 6.92. The maximum absolute atomic E-state index is 13.8. The number of ether oxygens (including phenoxy) is 1. The van der Waals surface area contributed by atoms with Gasteiger partial charge in [0, 0.05) is 12.6 Å². The highest BCUT2D eigenvalue weighted by molar-refractivity contribution is 5.68. The van der Waals surface area contributed by atoms with Gasteiger partial charge < -0.3 is 15.4 Å². The van der Waals surface area contributed by atoms with Gasteiger partial charge in [0.2, 0.25) is 0 Å². The van der Waals surface area contributed by atoms with E-state index in [1.807, 2.05) is 47.6 Å². The molecule has 1 aromatic rings. The maximum Gasteiger partial charge on any atom is 0.408 e. The number of nitrogens with one attached hydrogen (secondary N) is 2. The topological polar surface area (TPSA) is 50.4 Å². The molecule has 25 heavy (non-hydrogen) atoms. The van der Waals surface area contributed by atoms with Crippen LogP contribution in [0.1, 0.15) is 59.9 Å². The summed E-state index contributed by atoms with van der Waals surface area (Å²) in [5, 5.41) is 6.45. The third-order valence-electron chi connectivity index (χ3n) is 4.39. The van der Waals surface area contributed by atoms with E-state index in [1.165, 1.54) is 6.07 Å². The van der Waals surface area contributed by atoms with Crippen LogP contribution in [0.15, 0.2) is 24.3 Å². The Morgan fingerprint density at radius 3 is 2.32 bits per heavy atom. The summed E-state index contributed by atoms with van der Waals surface area (Å²) in [6.45, 7) is 12.3. The van der Waals surface area contributed by atoms with Crippen molar-refractivity contribution in [1.29, 1.82) is 0 Å². The van der Waals surface area contributed by atoms with Crippen molar-refractivity contribution in [2.24, 2.45) is 0 Å². The van der Waals surface area contributed by atoms with E-state index < -0.39 is 11.7 Å². The molecular weight excluding hydrogens is 319 g/mol. The van der Waals surface area contributed by atoms with Gasteiger partial charge >= 0.3 is 6.09 Å². The zero-order chi connectivity index (χ0) is 19.1. The minimum absolute atomic E-state index is 0.0924. The summed E-state index contributed by atoms with van der Waals surface area (Å²) in [7, 11) is 0. The molecule has 1 amide bonds. The van der Waals surface area contributed by atoms with Crippen molar-refractivity contribution in [2.75, 3.05) is 6.54 Å². The van der Waals surface area contributed by atoms with Crippen LogP contribution in [0.25, 0.3) is 0 Å². The number of halogens is 1. The largest absolute Gasteiger partial charge is 0.444 e. The minimum atomic E-state index is -0.525. The first-order chi connectivity index (χ1) is 11.6. The molecule has 0 bridgehead atoms. The summed E-state index contributed by atoms with van der Waals surface area (Å²) >= 11 is 0. The second-order valence-corrected chi connectivity index (χ2v) is 7.69. The molecule has 0 saturated heterocycles. The average Bonchev–Trinajstić information content (AvgIpc) is 2.52. The van der Waals surface area contributed by atoms with E-state index in [2.05, 4.69) is 10.6 Å². The Kier molecular flexibility index (Phi) is 7.87. The van der Waals surface area contributed by atoms with Gasteiger partial charge in [-0.2, -0.15) is 0 Å². The first-order valence-corrected chi connectivity index (χ1v) is 9.08. The molecule has 4 nitrogen and oxygen atoms in total. The molecule has 1 rings (SSSR count). The molecular formula is C20H33FN2O2. The molecule has 0 aliphatic carbocycles. The number of amides is 1. The average molecular weight is 352 g/mol. The zero-order valence-electron chi connectivity index (χ0n) is 16.4. The molecule has 142 valence electrons. The molecule has 0 saturated carbocycles. The number of hydrogen-bond acceptors (Lipinski definition) is 3. The molecule has 1 atom stereocenters. The Hall–Kier alpha value is -1.62. The van der Waals surface area contributed by atoms with Crippen LogP contribution in [-0.4, -0.2) is 29.8 Å². The number of alkyl carbamates (subject to hydrolysis) is 1. The molecule has 0 radical (unpaired) electrons. The third kappa shape index (κ3) is 7.43. The van der Waals surface area contributed by atoms with Crippen molar-refractivity contribution in [3.8, 4) is 0 Å². The van der Waals surface area contributed by atoms with Crippen molar-refractivity contribution in [3.63, 3.8) is 0 Å². The summed E-state index contributed by atoms with van der Waals surface area (Å²) in [6.07, 6.45) is 1.76. The first-order valence-electron chi connectivity index (χ1n) is 9.08. The molecule has 0 spiro atoms. The van der Waals surface area contributed by atoms with Gasteiger partial charge in [0.1, 0.15) is 11.4 Å². The van der Waals surface area contributed by atoms with Crippen LogP contribution in [0.4, 0.5) is 9.18 Å². The van der Waals surface area contributed by atoms with E-state index >= 15 is 0 Å². The van der Waals surface area contributed by atoms with Gasteiger partial charge in [-0.3, -0.25) is 0 Å². The van der Waals surface area contributed by atoms with Gasteiger partial charge in [-0.25, -0.2) is 9.18 Å². The van der Waals surface area contributed by atoms with Crippen LogP contribution in [0, 0.1) is 5.82 Å². The van der Waals surface area contributed by atoms with Crippen LogP contribution >= 0.6 is 0 Å². The lowest BCUT2D eigenvalue weighted by molar-refractivity contribution is 0.0444. The van der Waals surface area contributed by atoms with Crippen LogP contribution in [-0.2, 0) is 11.2 Å². The quantitative estimate of drug-likeness (QED) is 0.728. The second-order valence-electron chi connectivity index (χ2n) is 7.69. The summed E-state index contributed by atoms with van der Waals surface area (Å²) in [5.74, 6) is -0.180. The predicted octanol–water partition coefficient (Wildman–Crippen LogP) is 4.43. The highest BCUT2D eigenvalue weighted by atomic mass is 19.1. The van der Waals surface area contributed by atoms with Gasteiger partial charge in [-0.15, -0.1) is 0 Å².